The van der Waals surface area contributed by atoms with Crippen LogP contribution in [0.2, 0.25) is 0 Å². The van der Waals surface area contributed by atoms with Crippen LogP contribution >= 0.6 is 0 Å². The van der Waals surface area contributed by atoms with Crippen molar-refractivity contribution >= 4 is 11.9 Å². The molecule has 0 aliphatic carbocycles. The molecule has 1 aromatic rings. The van der Waals surface area contributed by atoms with Crippen LogP contribution in [0, 0.1) is 0 Å². The van der Waals surface area contributed by atoms with E-state index in [1.165, 1.54) is 0 Å². The van der Waals surface area contributed by atoms with E-state index >= 15 is 0 Å². The van der Waals surface area contributed by atoms with Gasteiger partial charge in [0.1, 0.15) is 11.4 Å². The van der Waals surface area contributed by atoms with Gasteiger partial charge in [-0.1, -0.05) is 6.07 Å². The van der Waals surface area contributed by atoms with E-state index in [0.717, 1.165) is 38.2 Å². The number of hydrogen-bond donors (Lipinski definition) is 0. The number of anilines is 1. The normalized spacial score (nSPS) is 18.9. The number of piperidine rings is 1. The lowest BCUT2D eigenvalue weighted by atomic mass is 10.0. The van der Waals surface area contributed by atoms with Crippen LogP contribution in [-0.2, 0) is 4.74 Å². The lowest BCUT2D eigenvalue weighted by Gasteiger charge is -2.38. The van der Waals surface area contributed by atoms with Crippen LogP contribution in [0.3, 0.4) is 0 Å². The van der Waals surface area contributed by atoms with E-state index in [4.69, 9.17) is 4.74 Å². The van der Waals surface area contributed by atoms with Crippen molar-refractivity contribution in [1.29, 1.82) is 0 Å². The Bertz CT molecular complexity index is 484. The first kappa shape index (κ1) is 16.6. The summed E-state index contributed by atoms with van der Waals surface area (Å²) in [6, 6.07) is 6.05. The number of hydrogen-bond acceptors (Lipinski definition) is 4. The molecule has 2 rings (SSSR count). The Hall–Kier alpha value is -1.78. The van der Waals surface area contributed by atoms with Crippen molar-refractivity contribution < 1.29 is 9.53 Å². The van der Waals surface area contributed by atoms with Crippen LogP contribution in [0.25, 0.3) is 0 Å². The molecule has 5 nitrogen and oxygen atoms in total. The molecule has 0 unspecified atom stereocenters. The highest BCUT2D eigenvalue weighted by atomic mass is 16.6. The zero-order valence-electron chi connectivity index (χ0n) is 14.1. The summed E-state index contributed by atoms with van der Waals surface area (Å²) in [5.41, 5.74) is -0.452. The molecule has 0 N–H and O–H groups in total. The quantitative estimate of drug-likeness (QED) is 0.859. The minimum absolute atomic E-state index is 0.176. The average Bonchev–Trinajstić information content (AvgIpc) is 2.47. The zero-order valence-corrected chi connectivity index (χ0v) is 14.1. The minimum Gasteiger partial charge on any atom is -0.444 e. The summed E-state index contributed by atoms with van der Waals surface area (Å²) in [5, 5.41) is 0. The summed E-state index contributed by atoms with van der Waals surface area (Å²) in [4.78, 5) is 20.8. The van der Waals surface area contributed by atoms with Crippen LogP contribution in [0.1, 0.15) is 40.0 Å². The van der Waals surface area contributed by atoms with Crippen molar-refractivity contribution in [2.45, 2.75) is 51.7 Å². The van der Waals surface area contributed by atoms with Gasteiger partial charge >= 0.3 is 6.09 Å². The molecule has 1 fully saturated rings. The second kappa shape index (κ2) is 6.99. The summed E-state index contributed by atoms with van der Waals surface area (Å²) >= 11 is 0. The molecule has 1 aromatic heterocycles. The highest BCUT2D eigenvalue weighted by Crippen LogP contribution is 2.22. The molecular formula is C17H27N3O2. The molecule has 5 heteroatoms. The van der Waals surface area contributed by atoms with Gasteiger partial charge < -0.3 is 14.5 Å². The molecule has 0 aromatic carbocycles. The van der Waals surface area contributed by atoms with Gasteiger partial charge in [-0.3, -0.25) is 0 Å². The van der Waals surface area contributed by atoms with Gasteiger partial charge in [0, 0.05) is 26.3 Å². The fourth-order valence-electron chi connectivity index (χ4n) is 2.74. The molecule has 122 valence electrons. The van der Waals surface area contributed by atoms with E-state index in [2.05, 4.69) is 9.88 Å². The Morgan fingerprint density at radius 2 is 2.18 bits per heavy atom. The van der Waals surface area contributed by atoms with Gasteiger partial charge in [-0.15, -0.1) is 0 Å². The third-order valence-electron chi connectivity index (χ3n) is 3.78. The third kappa shape index (κ3) is 4.61. The van der Waals surface area contributed by atoms with Crippen LogP contribution in [-0.4, -0.2) is 47.8 Å². The lowest BCUT2D eigenvalue weighted by Crippen LogP contribution is -2.50. The van der Waals surface area contributed by atoms with E-state index in [0.29, 0.717) is 0 Å². The number of ether oxygens (including phenoxy) is 1. The summed E-state index contributed by atoms with van der Waals surface area (Å²) in [7, 11) is 2.02. The van der Waals surface area contributed by atoms with Gasteiger partial charge in [0.05, 0.1) is 6.04 Å². The van der Waals surface area contributed by atoms with E-state index in [1.807, 2.05) is 50.9 Å². The van der Waals surface area contributed by atoms with Gasteiger partial charge in [0.15, 0.2) is 0 Å². The standard InChI is InChI=1S/C17H27N3O2/c1-17(2,3)22-16(21)20-12-8-6-9-14(20)13-19(4)15-10-5-7-11-18-15/h5,7,10-11,14H,6,8-9,12-13H2,1-4H3/t14-/m1/s1. The van der Waals surface area contributed by atoms with Gasteiger partial charge in [0.2, 0.25) is 0 Å². The first-order chi connectivity index (χ1) is 10.4. The minimum atomic E-state index is -0.452. The third-order valence-corrected chi connectivity index (χ3v) is 3.78. The van der Waals surface area contributed by atoms with Crippen molar-refractivity contribution in [3.63, 3.8) is 0 Å². The Labute approximate surface area is 133 Å². The van der Waals surface area contributed by atoms with Crippen LogP contribution in [0.5, 0.6) is 0 Å². The molecule has 1 saturated heterocycles. The van der Waals surface area contributed by atoms with Gasteiger partial charge in [0.25, 0.3) is 0 Å². The predicted molar refractivity (Wildman–Crippen MR) is 88.1 cm³/mol. The molecule has 1 aliphatic heterocycles. The van der Waals surface area contributed by atoms with Gasteiger partial charge in [-0.05, 0) is 52.2 Å². The van der Waals surface area contributed by atoms with Crippen molar-refractivity contribution in [2.75, 3.05) is 25.0 Å². The number of carbonyl (C=O) groups excluding carboxylic acids is 1. The Balaban J connectivity index is 2.02. The number of aromatic nitrogens is 1. The zero-order chi connectivity index (χ0) is 16.2. The summed E-state index contributed by atoms with van der Waals surface area (Å²) < 4.78 is 5.55. The Kier molecular flexibility index (Phi) is 5.27. The maximum atomic E-state index is 12.4. The highest BCUT2D eigenvalue weighted by Gasteiger charge is 2.31. The van der Waals surface area contributed by atoms with Crippen molar-refractivity contribution in [3.05, 3.63) is 24.4 Å². The number of carbonyl (C=O) groups is 1. The monoisotopic (exact) mass is 305 g/mol. The molecule has 1 atom stereocenters. The van der Waals surface area contributed by atoms with Crippen LogP contribution in [0.4, 0.5) is 10.6 Å². The first-order valence-corrected chi connectivity index (χ1v) is 7.98. The maximum Gasteiger partial charge on any atom is 0.410 e. The number of amides is 1. The van der Waals surface area contributed by atoms with Crippen molar-refractivity contribution in [3.8, 4) is 0 Å². The number of rotatable bonds is 3. The Morgan fingerprint density at radius 1 is 1.41 bits per heavy atom. The molecule has 1 aliphatic rings. The van der Waals surface area contributed by atoms with Crippen LogP contribution < -0.4 is 4.90 Å². The van der Waals surface area contributed by atoms with E-state index < -0.39 is 5.60 Å². The average molecular weight is 305 g/mol. The molecule has 22 heavy (non-hydrogen) atoms. The van der Waals surface area contributed by atoms with E-state index in [9.17, 15) is 4.79 Å². The van der Waals surface area contributed by atoms with Crippen LogP contribution in [0.15, 0.2) is 24.4 Å². The van der Waals surface area contributed by atoms with Gasteiger partial charge in [-0.2, -0.15) is 0 Å². The molecule has 2 heterocycles. The van der Waals surface area contributed by atoms with Crippen molar-refractivity contribution in [1.82, 2.24) is 9.88 Å². The smallest absolute Gasteiger partial charge is 0.410 e. The number of likely N-dealkylation sites (tertiary alicyclic amines) is 1. The van der Waals surface area contributed by atoms with E-state index in [1.54, 1.807) is 6.20 Å². The number of nitrogens with zero attached hydrogens (tertiary/aromatic N) is 3. The maximum absolute atomic E-state index is 12.4. The molecule has 0 saturated carbocycles. The largest absolute Gasteiger partial charge is 0.444 e. The second-order valence-corrected chi connectivity index (χ2v) is 6.89. The molecule has 1 amide bonds. The summed E-state index contributed by atoms with van der Waals surface area (Å²) in [6.45, 7) is 7.27. The van der Waals surface area contributed by atoms with Crippen molar-refractivity contribution in [2.24, 2.45) is 0 Å². The fourth-order valence-corrected chi connectivity index (χ4v) is 2.74. The Morgan fingerprint density at radius 3 is 2.82 bits per heavy atom. The molecule has 0 bridgehead atoms. The first-order valence-electron chi connectivity index (χ1n) is 7.98. The predicted octanol–water partition coefficient (Wildman–Crippen LogP) is 3.31. The van der Waals surface area contributed by atoms with E-state index in [-0.39, 0.29) is 12.1 Å². The lowest BCUT2D eigenvalue weighted by molar-refractivity contribution is 0.0108. The SMILES string of the molecule is CN(C[C@H]1CCCCN1C(=O)OC(C)(C)C)c1ccccn1. The highest BCUT2D eigenvalue weighted by molar-refractivity contribution is 5.68. The summed E-state index contributed by atoms with van der Waals surface area (Å²) in [6.07, 6.45) is 4.80. The second-order valence-electron chi connectivity index (χ2n) is 6.89. The molecule has 0 spiro atoms. The molecular weight excluding hydrogens is 278 g/mol. The van der Waals surface area contributed by atoms with Gasteiger partial charge in [-0.25, -0.2) is 9.78 Å². The topological polar surface area (TPSA) is 45.7 Å². The summed E-state index contributed by atoms with van der Waals surface area (Å²) in [5.74, 6) is 0.928. The molecule has 0 radical (unpaired) electrons. The fraction of sp³-hybridized carbons (Fsp3) is 0.647. The number of likely N-dealkylation sites (N-methyl/N-ethyl adjacent to an activating group) is 1. The number of pyridine rings is 1.